The van der Waals surface area contributed by atoms with Crippen LogP contribution in [0.25, 0.3) is 44.2 Å². The molecule has 0 unspecified atom stereocenters. The topological polar surface area (TPSA) is 19.6 Å². The molecule has 12 rings (SSSR count). The molecule has 7 aromatic carbocycles. The Hall–Kier alpha value is -6.00. The summed E-state index contributed by atoms with van der Waals surface area (Å²) in [6, 6.07) is 49.1. The zero-order valence-corrected chi connectivity index (χ0v) is 39.3. The second kappa shape index (κ2) is 13.3. The Morgan fingerprint density at radius 2 is 1.12 bits per heavy atom. The van der Waals surface area contributed by atoms with E-state index in [0.717, 1.165) is 28.4 Å². The number of fused-ring (bicyclic) bond motifs is 9. The van der Waals surface area contributed by atoms with Crippen LogP contribution in [-0.4, -0.2) is 6.85 Å². The molecule has 0 fully saturated rings. The van der Waals surface area contributed by atoms with Gasteiger partial charge in [0.2, 0.25) is 0 Å². The zero-order valence-electron chi connectivity index (χ0n) is 39.3. The Morgan fingerprint density at radius 3 is 1.86 bits per heavy atom. The van der Waals surface area contributed by atoms with Crippen LogP contribution >= 0.6 is 0 Å². The summed E-state index contributed by atoms with van der Waals surface area (Å²) in [5.74, 6) is 0. The van der Waals surface area contributed by atoms with Crippen molar-refractivity contribution in [2.45, 2.75) is 117 Å². The van der Waals surface area contributed by atoms with Crippen molar-refractivity contribution in [2.75, 3.05) is 9.71 Å². The lowest BCUT2D eigenvalue weighted by atomic mass is 9.43. The highest BCUT2D eigenvalue weighted by Gasteiger charge is 2.47. The Morgan fingerprint density at radius 1 is 0.469 bits per heavy atom. The fraction of sp³-hybridized carbons (Fsp3) is 0.300. The summed E-state index contributed by atoms with van der Waals surface area (Å²) >= 11 is 0. The molecule has 2 aliphatic heterocycles. The number of hydrogen-bond acceptors (Lipinski definition) is 3. The summed E-state index contributed by atoms with van der Waals surface area (Å²) in [6.45, 7) is 24.1. The first kappa shape index (κ1) is 39.6. The fourth-order valence-electron chi connectivity index (χ4n) is 12.4. The minimum absolute atomic E-state index is 0.0540. The number of furan rings is 1. The minimum Gasteiger partial charge on any atom is -0.456 e. The van der Waals surface area contributed by atoms with Crippen molar-refractivity contribution in [1.82, 2.24) is 0 Å². The summed E-state index contributed by atoms with van der Waals surface area (Å²) in [5, 5.41) is 2.31. The molecule has 318 valence electrons. The van der Waals surface area contributed by atoms with Gasteiger partial charge >= 0.3 is 6.85 Å². The molecule has 0 saturated carbocycles. The highest BCUT2D eigenvalue weighted by molar-refractivity contribution is 6.93. The van der Waals surface area contributed by atoms with Gasteiger partial charge in [0.1, 0.15) is 11.2 Å². The Kier molecular flexibility index (Phi) is 8.22. The van der Waals surface area contributed by atoms with Crippen LogP contribution in [0.3, 0.4) is 0 Å². The molecular weight excluding hydrogens is 775 g/mol. The molecule has 8 aromatic rings. The average Bonchev–Trinajstić information content (AvgIpc) is 3.64. The molecule has 0 spiro atoms. The summed E-state index contributed by atoms with van der Waals surface area (Å²) in [4.78, 5) is 5.35. The van der Waals surface area contributed by atoms with Gasteiger partial charge in [0, 0.05) is 44.8 Å². The van der Waals surface area contributed by atoms with E-state index in [2.05, 4.69) is 206 Å². The first-order chi connectivity index (χ1) is 30.5. The molecular formula is C60H59BN2O. The third-order valence-corrected chi connectivity index (χ3v) is 16.3. The van der Waals surface area contributed by atoms with E-state index < -0.39 is 0 Å². The average molecular weight is 835 g/mol. The fourth-order valence-corrected chi connectivity index (χ4v) is 12.4. The molecule has 4 aliphatic rings. The number of aryl methyl sites for hydroxylation is 2. The lowest BCUT2D eigenvalue weighted by molar-refractivity contribution is 0.332. The van der Waals surface area contributed by atoms with Gasteiger partial charge in [-0.3, -0.25) is 0 Å². The molecule has 0 atom stereocenters. The van der Waals surface area contributed by atoms with E-state index in [1.165, 1.54) is 114 Å². The SMILES string of the molecule is Cc1cc2c3c(c1)N(c1cc4c(cc1C)C(C)(C)CCC4(C)C)c1ccc(-c4ccccc4)cc1B3N(c1ccc3c(c1)C(C)(C)CCC3(C)C)c1cc3c(cc1-2)oc1ccccc13. The second-order valence-corrected chi connectivity index (χ2v) is 22.4. The highest BCUT2D eigenvalue weighted by atomic mass is 16.3. The minimum atomic E-state index is -0.102. The van der Waals surface area contributed by atoms with Crippen molar-refractivity contribution in [2.24, 2.45) is 0 Å². The predicted octanol–water partition coefficient (Wildman–Crippen LogP) is 15.3. The molecule has 0 amide bonds. The summed E-state index contributed by atoms with van der Waals surface area (Å²) in [6.07, 6.45) is 4.71. The summed E-state index contributed by atoms with van der Waals surface area (Å²) in [7, 11) is 0. The van der Waals surface area contributed by atoms with Crippen molar-refractivity contribution in [1.29, 1.82) is 0 Å². The van der Waals surface area contributed by atoms with Crippen LogP contribution in [0.4, 0.5) is 28.4 Å². The van der Waals surface area contributed by atoms with E-state index in [1.807, 2.05) is 0 Å². The first-order valence-corrected chi connectivity index (χ1v) is 23.7. The maximum atomic E-state index is 6.71. The molecule has 0 radical (unpaired) electrons. The molecule has 0 N–H and O–H groups in total. The number of nitrogens with zero attached hydrogens (tertiary/aromatic N) is 2. The van der Waals surface area contributed by atoms with Gasteiger partial charge in [-0.2, -0.15) is 0 Å². The van der Waals surface area contributed by atoms with Crippen LogP contribution in [0, 0.1) is 13.8 Å². The maximum Gasteiger partial charge on any atom is 0.333 e. The van der Waals surface area contributed by atoms with Crippen molar-refractivity contribution in [3.8, 4) is 22.3 Å². The Bertz CT molecular complexity index is 3270. The zero-order chi connectivity index (χ0) is 44.2. The number of hydrogen-bond donors (Lipinski definition) is 0. The number of benzene rings is 7. The lowest BCUT2D eigenvalue weighted by Crippen LogP contribution is -2.61. The van der Waals surface area contributed by atoms with Gasteiger partial charge in [-0.25, -0.2) is 0 Å². The van der Waals surface area contributed by atoms with Gasteiger partial charge in [0.15, 0.2) is 0 Å². The van der Waals surface area contributed by atoms with Gasteiger partial charge in [-0.1, -0.05) is 134 Å². The van der Waals surface area contributed by atoms with Crippen LogP contribution in [0.15, 0.2) is 132 Å². The highest BCUT2D eigenvalue weighted by Crippen LogP contribution is 2.54. The van der Waals surface area contributed by atoms with E-state index in [-0.39, 0.29) is 28.5 Å². The van der Waals surface area contributed by atoms with Crippen LogP contribution in [-0.2, 0) is 21.7 Å². The monoisotopic (exact) mass is 834 g/mol. The standard InChI is InChI=1S/C60H59BN2O/c1-36-28-44-42-34-55-43(41-18-14-15-19-54(41)64-55)33-52(42)63(40-21-22-45-47(32-40)59(7,8)25-24-57(45,3)4)61-49-31-39(38-16-12-11-13-17-38)20-23-50(49)62(53(29-36)56(44)61)51-35-48-46(30-37(51)2)58(5,6)26-27-60(48,9)10/h11-23,28-35H,24-27H2,1-10H3. The van der Waals surface area contributed by atoms with Gasteiger partial charge in [-0.05, 0) is 171 Å². The van der Waals surface area contributed by atoms with Gasteiger partial charge in [0.05, 0.1) is 0 Å². The number of anilines is 5. The Labute approximate surface area is 380 Å². The Balaban J connectivity index is 1.20. The molecule has 3 nitrogen and oxygen atoms in total. The van der Waals surface area contributed by atoms with E-state index in [4.69, 9.17) is 4.42 Å². The molecule has 0 saturated heterocycles. The van der Waals surface area contributed by atoms with Gasteiger partial charge < -0.3 is 14.1 Å². The normalized spacial score (nSPS) is 18.3. The number of para-hydroxylation sites is 1. The predicted molar refractivity (Wildman–Crippen MR) is 273 cm³/mol. The maximum absolute atomic E-state index is 6.71. The van der Waals surface area contributed by atoms with E-state index in [1.54, 1.807) is 0 Å². The van der Waals surface area contributed by atoms with Crippen molar-refractivity contribution >= 4 is 68.1 Å². The third-order valence-electron chi connectivity index (χ3n) is 16.3. The van der Waals surface area contributed by atoms with Crippen LogP contribution in [0.2, 0.25) is 0 Å². The second-order valence-electron chi connectivity index (χ2n) is 22.4. The molecule has 2 aliphatic carbocycles. The summed E-state index contributed by atoms with van der Waals surface area (Å²) < 4.78 is 6.71. The van der Waals surface area contributed by atoms with Gasteiger partial charge in [-0.15, -0.1) is 0 Å². The summed E-state index contributed by atoms with van der Waals surface area (Å²) in [5.41, 5.74) is 24.6. The third kappa shape index (κ3) is 5.66. The van der Waals surface area contributed by atoms with Crippen molar-refractivity contribution in [3.63, 3.8) is 0 Å². The molecule has 3 heterocycles. The van der Waals surface area contributed by atoms with E-state index >= 15 is 0 Å². The molecule has 4 heteroatoms. The van der Waals surface area contributed by atoms with E-state index in [0.29, 0.717) is 0 Å². The molecule has 0 bridgehead atoms. The molecule has 64 heavy (non-hydrogen) atoms. The van der Waals surface area contributed by atoms with Crippen molar-refractivity contribution < 1.29 is 4.42 Å². The first-order valence-electron chi connectivity index (χ1n) is 23.7. The van der Waals surface area contributed by atoms with Gasteiger partial charge in [0.25, 0.3) is 0 Å². The van der Waals surface area contributed by atoms with Crippen molar-refractivity contribution in [3.05, 3.63) is 161 Å². The number of rotatable bonds is 3. The van der Waals surface area contributed by atoms with Crippen LogP contribution in [0.5, 0.6) is 0 Å². The van der Waals surface area contributed by atoms with E-state index in [9.17, 15) is 0 Å². The van der Waals surface area contributed by atoms with Crippen LogP contribution < -0.4 is 20.6 Å². The largest absolute Gasteiger partial charge is 0.456 e. The quantitative estimate of drug-likeness (QED) is 0.165. The lowest BCUT2D eigenvalue weighted by Gasteiger charge is -2.48. The smallest absolute Gasteiger partial charge is 0.333 e. The van der Waals surface area contributed by atoms with Crippen LogP contribution in [0.1, 0.15) is 114 Å². The molecule has 1 aromatic heterocycles.